The number of nitrogens with zero attached hydrogens (tertiary/aromatic N) is 3. The van der Waals surface area contributed by atoms with E-state index in [4.69, 9.17) is 13.8 Å². The Morgan fingerprint density at radius 1 is 0.512 bits per heavy atom. The van der Waals surface area contributed by atoms with Crippen molar-refractivity contribution in [3.8, 4) is 0 Å². The predicted molar refractivity (Wildman–Crippen MR) is 166 cm³/mol. The lowest BCUT2D eigenvalue weighted by molar-refractivity contribution is 0.666. The SMILES string of the molecule is c1ccc2c(c1)ccc1cc(N(c3cc4oc5ccccc5c4cn3)c3cccc4c3oc3ccncc34)ccc12. The van der Waals surface area contributed by atoms with Crippen molar-refractivity contribution in [2.24, 2.45) is 0 Å². The van der Waals surface area contributed by atoms with Crippen LogP contribution in [0.1, 0.15) is 0 Å². The molecule has 0 atom stereocenters. The molecule has 9 rings (SSSR count). The molecule has 9 aromatic rings. The lowest BCUT2D eigenvalue weighted by Crippen LogP contribution is -2.11. The Hall–Kier alpha value is -5.68. The van der Waals surface area contributed by atoms with Gasteiger partial charge in [0.1, 0.15) is 22.6 Å². The topological polar surface area (TPSA) is 55.3 Å². The number of furan rings is 2. The van der Waals surface area contributed by atoms with Crippen molar-refractivity contribution >= 4 is 82.6 Å². The van der Waals surface area contributed by atoms with Gasteiger partial charge in [0, 0.05) is 51.9 Å². The molecule has 0 aliphatic heterocycles. The van der Waals surface area contributed by atoms with E-state index in [0.29, 0.717) is 0 Å². The van der Waals surface area contributed by atoms with Gasteiger partial charge in [-0.1, -0.05) is 72.8 Å². The zero-order valence-electron chi connectivity index (χ0n) is 21.8. The summed E-state index contributed by atoms with van der Waals surface area (Å²) in [6, 6.07) is 37.6. The zero-order chi connectivity index (χ0) is 26.9. The maximum Gasteiger partial charge on any atom is 0.159 e. The lowest BCUT2D eigenvalue weighted by Gasteiger charge is -2.24. The van der Waals surface area contributed by atoms with Crippen LogP contribution in [0.15, 0.2) is 137 Å². The molecule has 192 valence electrons. The summed E-state index contributed by atoms with van der Waals surface area (Å²) in [6.45, 7) is 0. The number of rotatable bonds is 3. The van der Waals surface area contributed by atoms with Crippen LogP contribution < -0.4 is 4.90 Å². The average Bonchev–Trinajstić information content (AvgIpc) is 3.60. The third-order valence-electron chi connectivity index (χ3n) is 7.98. The van der Waals surface area contributed by atoms with E-state index in [0.717, 1.165) is 66.5 Å². The number of benzene rings is 5. The molecule has 0 bridgehead atoms. The second-order valence-electron chi connectivity index (χ2n) is 10.3. The Balaban J connectivity index is 1.33. The van der Waals surface area contributed by atoms with Gasteiger partial charge in [-0.3, -0.25) is 9.88 Å². The first-order valence-corrected chi connectivity index (χ1v) is 13.6. The second-order valence-corrected chi connectivity index (χ2v) is 10.3. The fourth-order valence-electron chi connectivity index (χ4n) is 6.07. The molecule has 0 amide bonds. The van der Waals surface area contributed by atoms with Crippen LogP contribution >= 0.6 is 0 Å². The Kier molecular flexibility index (Phi) is 4.55. The quantitative estimate of drug-likeness (QED) is 0.214. The summed E-state index contributed by atoms with van der Waals surface area (Å²) in [7, 11) is 0. The van der Waals surface area contributed by atoms with Crippen LogP contribution in [0.4, 0.5) is 17.2 Å². The van der Waals surface area contributed by atoms with Gasteiger partial charge in [-0.2, -0.15) is 0 Å². The molecule has 0 spiro atoms. The Bertz CT molecular complexity index is 2450. The van der Waals surface area contributed by atoms with E-state index in [1.807, 2.05) is 42.7 Å². The molecule has 0 radical (unpaired) electrons. The average molecular weight is 528 g/mol. The number of hydrogen-bond acceptors (Lipinski definition) is 5. The molecular formula is C36H21N3O2. The van der Waals surface area contributed by atoms with Crippen LogP contribution in [0, 0.1) is 0 Å². The van der Waals surface area contributed by atoms with Gasteiger partial charge in [-0.05, 0) is 51.9 Å². The van der Waals surface area contributed by atoms with Crippen molar-refractivity contribution in [1.82, 2.24) is 9.97 Å². The number of fused-ring (bicyclic) bond motifs is 9. The summed E-state index contributed by atoms with van der Waals surface area (Å²) in [4.78, 5) is 11.5. The van der Waals surface area contributed by atoms with Gasteiger partial charge >= 0.3 is 0 Å². The third-order valence-corrected chi connectivity index (χ3v) is 7.98. The standard InChI is InChI=1S/C36H21N3O2/c1-2-7-25-22(6-1)12-13-23-18-24(14-15-26(23)25)39(31-10-5-9-28-29-20-37-17-16-33(29)41-36(28)31)35-19-34-30(21-38-35)27-8-3-4-11-32(27)40-34/h1-21H. The number of para-hydroxylation sites is 2. The highest BCUT2D eigenvalue weighted by molar-refractivity contribution is 6.12. The third kappa shape index (κ3) is 3.29. The van der Waals surface area contributed by atoms with Crippen LogP contribution in [0.5, 0.6) is 0 Å². The van der Waals surface area contributed by atoms with Gasteiger partial charge in [-0.25, -0.2) is 4.98 Å². The second kappa shape index (κ2) is 8.41. The van der Waals surface area contributed by atoms with Gasteiger partial charge in [0.05, 0.1) is 5.69 Å². The number of pyridine rings is 2. The van der Waals surface area contributed by atoms with Crippen LogP contribution in [0.2, 0.25) is 0 Å². The number of hydrogen-bond donors (Lipinski definition) is 0. The molecule has 5 aromatic carbocycles. The normalized spacial score (nSPS) is 11.9. The molecule has 0 fully saturated rings. The maximum atomic E-state index is 6.46. The van der Waals surface area contributed by atoms with E-state index in [-0.39, 0.29) is 0 Å². The Morgan fingerprint density at radius 2 is 1.29 bits per heavy atom. The van der Waals surface area contributed by atoms with E-state index in [1.54, 1.807) is 6.20 Å². The van der Waals surface area contributed by atoms with Gasteiger partial charge in [0.2, 0.25) is 0 Å². The molecule has 5 nitrogen and oxygen atoms in total. The van der Waals surface area contributed by atoms with Crippen LogP contribution in [0.25, 0.3) is 65.4 Å². The molecule has 0 N–H and O–H groups in total. The van der Waals surface area contributed by atoms with Crippen LogP contribution in [0.3, 0.4) is 0 Å². The first kappa shape index (κ1) is 22.2. The van der Waals surface area contributed by atoms with Crippen molar-refractivity contribution in [2.45, 2.75) is 0 Å². The van der Waals surface area contributed by atoms with E-state index in [1.165, 1.54) is 16.2 Å². The van der Waals surface area contributed by atoms with Crippen molar-refractivity contribution in [2.75, 3.05) is 4.90 Å². The minimum absolute atomic E-state index is 0.739. The molecule has 0 saturated carbocycles. The van der Waals surface area contributed by atoms with Gasteiger partial charge in [0.25, 0.3) is 0 Å². The fourth-order valence-corrected chi connectivity index (χ4v) is 6.07. The fraction of sp³-hybridized carbons (Fsp3) is 0. The molecule has 41 heavy (non-hydrogen) atoms. The molecule has 0 unspecified atom stereocenters. The van der Waals surface area contributed by atoms with Crippen molar-refractivity contribution in [3.63, 3.8) is 0 Å². The first-order chi connectivity index (χ1) is 20.3. The summed E-state index contributed by atoms with van der Waals surface area (Å²) >= 11 is 0. The molecule has 4 heterocycles. The summed E-state index contributed by atoms with van der Waals surface area (Å²) in [6.07, 6.45) is 5.52. The summed E-state index contributed by atoms with van der Waals surface area (Å²) in [5.41, 5.74) is 5.07. The molecule has 0 aliphatic carbocycles. The van der Waals surface area contributed by atoms with Gasteiger partial charge in [-0.15, -0.1) is 0 Å². The minimum atomic E-state index is 0.739. The monoisotopic (exact) mass is 527 g/mol. The first-order valence-electron chi connectivity index (χ1n) is 13.6. The van der Waals surface area contributed by atoms with Gasteiger partial charge < -0.3 is 8.83 Å². The van der Waals surface area contributed by atoms with E-state index in [2.05, 4.69) is 88.7 Å². The highest BCUT2D eigenvalue weighted by Gasteiger charge is 2.22. The van der Waals surface area contributed by atoms with E-state index < -0.39 is 0 Å². The summed E-state index contributed by atoms with van der Waals surface area (Å²) in [5, 5.41) is 8.85. The molecule has 0 aliphatic rings. The minimum Gasteiger partial charge on any atom is -0.456 e. The van der Waals surface area contributed by atoms with Crippen LogP contribution in [-0.4, -0.2) is 9.97 Å². The molecular weight excluding hydrogens is 506 g/mol. The number of aromatic nitrogens is 2. The van der Waals surface area contributed by atoms with E-state index in [9.17, 15) is 0 Å². The molecule has 0 saturated heterocycles. The summed E-state index contributed by atoms with van der Waals surface area (Å²) in [5.74, 6) is 0.739. The lowest BCUT2D eigenvalue weighted by atomic mass is 10.0. The van der Waals surface area contributed by atoms with Crippen LogP contribution in [-0.2, 0) is 0 Å². The highest BCUT2D eigenvalue weighted by atomic mass is 16.3. The largest absolute Gasteiger partial charge is 0.456 e. The smallest absolute Gasteiger partial charge is 0.159 e. The predicted octanol–water partition coefficient (Wildman–Crippen LogP) is 10.1. The summed E-state index contributed by atoms with van der Waals surface area (Å²) < 4.78 is 12.7. The van der Waals surface area contributed by atoms with Crippen molar-refractivity contribution in [3.05, 3.63) is 128 Å². The highest BCUT2D eigenvalue weighted by Crippen LogP contribution is 2.43. The maximum absolute atomic E-state index is 6.46. The van der Waals surface area contributed by atoms with E-state index >= 15 is 0 Å². The molecule has 5 heteroatoms. The van der Waals surface area contributed by atoms with Crippen molar-refractivity contribution in [1.29, 1.82) is 0 Å². The zero-order valence-corrected chi connectivity index (χ0v) is 21.8. The Morgan fingerprint density at radius 3 is 2.27 bits per heavy atom. The number of anilines is 3. The Labute approximate surface area is 233 Å². The van der Waals surface area contributed by atoms with Crippen molar-refractivity contribution < 1.29 is 8.83 Å². The van der Waals surface area contributed by atoms with Gasteiger partial charge in [0.15, 0.2) is 5.58 Å². The molecule has 4 aromatic heterocycles.